The van der Waals surface area contributed by atoms with Crippen LogP contribution >= 0.6 is 0 Å². The zero-order valence-electron chi connectivity index (χ0n) is 11.7. The van der Waals surface area contributed by atoms with Crippen LogP contribution in [-0.4, -0.2) is 24.9 Å². The van der Waals surface area contributed by atoms with Gasteiger partial charge in [-0.05, 0) is 37.1 Å². The Labute approximate surface area is 118 Å². The summed E-state index contributed by atoms with van der Waals surface area (Å²) in [5.74, 6) is -0.553. The lowest BCUT2D eigenvalue weighted by Gasteiger charge is -2.06. The number of carbonyl (C=O) groups excluding carboxylic acids is 2. The lowest BCUT2D eigenvalue weighted by atomic mass is 10.1. The van der Waals surface area contributed by atoms with Crippen molar-refractivity contribution < 1.29 is 14.0 Å². The quantitative estimate of drug-likeness (QED) is 0.616. The van der Waals surface area contributed by atoms with Crippen molar-refractivity contribution in [2.75, 3.05) is 13.1 Å². The molecule has 0 saturated carbocycles. The van der Waals surface area contributed by atoms with Crippen LogP contribution in [0.15, 0.2) is 29.8 Å². The largest absolute Gasteiger partial charge is 0.356 e. The van der Waals surface area contributed by atoms with Gasteiger partial charge in [0.25, 0.3) is 0 Å². The zero-order valence-corrected chi connectivity index (χ0v) is 11.7. The van der Waals surface area contributed by atoms with Gasteiger partial charge in [-0.25, -0.2) is 4.39 Å². The third-order valence-electron chi connectivity index (χ3n) is 2.62. The second-order valence-electron chi connectivity index (χ2n) is 4.47. The molecule has 0 aliphatic carbocycles. The van der Waals surface area contributed by atoms with E-state index in [-0.39, 0.29) is 17.6 Å². The predicted octanol–water partition coefficient (Wildman–Crippen LogP) is 1.87. The van der Waals surface area contributed by atoms with E-state index in [1.54, 1.807) is 25.1 Å². The first-order valence-electron chi connectivity index (χ1n) is 6.45. The van der Waals surface area contributed by atoms with Gasteiger partial charge in [0.15, 0.2) is 0 Å². The smallest absolute Gasteiger partial charge is 0.246 e. The van der Waals surface area contributed by atoms with Crippen molar-refractivity contribution in [1.29, 1.82) is 0 Å². The molecule has 0 heterocycles. The summed E-state index contributed by atoms with van der Waals surface area (Å²) in [5.41, 5.74) is 1.33. The van der Waals surface area contributed by atoms with Crippen molar-refractivity contribution >= 4 is 17.9 Å². The van der Waals surface area contributed by atoms with Gasteiger partial charge in [-0.15, -0.1) is 0 Å². The second-order valence-corrected chi connectivity index (χ2v) is 4.47. The van der Waals surface area contributed by atoms with Crippen LogP contribution in [0, 0.1) is 5.82 Å². The van der Waals surface area contributed by atoms with Crippen LogP contribution in [-0.2, 0) is 9.59 Å². The van der Waals surface area contributed by atoms with Crippen LogP contribution in [0.25, 0.3) is 6.08 Å². The summed E-state index contributed by atoms with van der Waals surface area (Å²) >= 11 is 0. The van der Waals surface area contributed by atoms with E-state index in [1.807, 2.05) is 0 Å². The molecule has 0 unspecified atom stereocenters. The Kier molecular flexibility index (Phi) is 6.43. The normalized spacial score (nSPS) is 11.1. The van der Waals surface area contributed by atoms with Crippen molar-refractivity contribution in [2.24, 2.45) is 0 Å². The standard InChI is InChI=1S/C15H19FN2O2/c1-11(10-13-4-6-14(16)7-5-13)15(20)18-9-3-8-17-12(2)19/h4-7,10H,3,8-9H2,1-2H3,(H,17,19)(H,18,20)/b11-10+. The maximum Gasteiger partial charge on any atom is 0.246 e. The third-order valence-corrected chi connectivity index (χ3v) is 2.62. The van der Waals surface area contributed by atoms with E-state index in [0.29, 0.717) is 25.1 Å². The van der Waals surface area contributed by atoms with Gasteiger partial charge < -0.3 is 10.6 Å². The number of amides is 2. The van der Waals surface area contributed by atoms with Gasteiger partial charge in [0.1, 0.15) is 5.82 Å². The first-order chi connectivity index (χ1) is 9.49. The number of nitrogens with one attached hydrogen (secondary N) is 2. The van der Waals surface area contributed by atoms with Crippen LogP contribution < -0.4 is 10.6 Å². The molecule has 1 aromatic carbocycles. The molecule has 4 nitrogen and oxygen atoms in total. The number of benzene rings is 1. The Hall–Kier alpha value is -2.17. The van der Waals surface area contributed by atoms with E-state index in [0.717, 1.165) is 5.56 Å². The number of halogens is 1. The molecule has 0 aromatic heterocycles. The molecule has 2 N–H and O–H groups in total. The molecule has 108 valence electrons. The highest BCUT2D eigenvalue weighted by atomic mass is 19.1. The predicted molar refractivity (Wildman–Crippen MR) is 76.4 cm³/mol. The van der Waals surface area contributed by atoms with Gasteiger partial charge >= 0.3 is 0 Å². The maximum absolute atomic E-state index is 12.7. The molecule has 0 bridgehead atoms. The topological polar surface area (TPSA) is 58.2 Å². The summed E-state index contributed by atoms with van der Waals surface area (Å²) in [6.45, 7) is 4.19. The lowest BCUT2D eigenvalue weighted by Crippen LogP contribution is -2.29. The SMILES string of the molecule is CC(=O)NCCCNC(=O)/C(C)=C/c1ccc(F)cc1. The summed E-state index contributed by atoms with van der Waals surface area (Å²) in [6, 6.07) is 5.93. The van der Waals surface area contributed by atoms with E-state index < -0.39 is 0 Å². The third kappa shape index (κ3) is 6.13. The summed E-state index contributed by atoms with van der Waals surface area (Å²) in [5, 5.41) is 5.41. The fourth-order valence-electron chi connectivity index (χ4n) is 1.57. The zero-order chi connectivity index (χ0) is 15.0. The fourth-order valence-corrected chi connectivity index (χ4v) is 1.57. The molecule has 0 atom stereocenters. The highest BCUT2D eigenvalue weighted by Gasteiger charge is 2.03. The molecule has 0 aliphatic heterocycles. The second kappa shape index (κ2) is 8.09. The first-order valence-corrected chi connectivity index (χ1v) is 6.45. The van der Waals surface area contributed by atoms with Crippen molar-refractivity contribution in [1.82, 2.24) is 10.6 Å². The molecule has 0 fully saturated rings. The fraction of sp³-hybridized carbons (Fsp3) is 0.333. The summed E-state index contributed by atoms with van der Waals surface area (Å²) in [7, 11) is 0. The number of carbonyl (C=O) groups is 2. The Balaban J connectivity index is 2.38. The summed E-state index contributed by atoms with van der Waals surface area (Å²) in [4.78, 5) is 22.4. The molecule has 1 rings (SSSR count). The summed E-state index contributed by atoms with van der Waals surface area (Å²) in [6.07, 6.45) is 2.37. The monoisotopic (exact) mass is 278 g/mol. The Morgan fingerprint density at radius 2 is 1.70 bits per heavy atom. The Morgan fingerprint density at radius 3 is 2.30 bits per heavy atom. The first kappa shape index (κ1) is 15.9. The van der Waals surface area contributed by atoms with Gasteiger partial charge in [0.2, 0.25) is 11.8 Å². The minimum atomic E-state index is -0.303. The molecule has 0 saturated heterocycles. The number of hydrogen-bond acceptors (Lipinski definition) is 2. The highest BCUT2D eigenvalue weighted by Crippen LogP contribution is 2.08. The molecule has 0 aliphatic rings. The van der Waals surface area contributed by atoms with E-state index in [1.165, 1.54) is 19.1 Å². The van der Waals surface area contributed by atoms with Crippen molar-refractivity contribution in [3.05, 3.63) is 41.2 Å². The minimum absolute atomic E-state index is 0.0799. The molecular weight excluding hydrogens is 259 g/mol. The lowest BCUT2D eigenvalue weighted by molar-refractivity contribution is -0.119. The Bertz CT molecular complexity index is 495. The van der Waals surface area contributed by atoms with Gasteiger partial charge in [-0.2, -0.15) is 0 Å². The van der Waals surface area contributed by atoms with E-state index in [4.69, 9.17) is 0 Å². The minimum Gasteiger partial charge on any atom is -0.356 e. The van der Waals surface area contributed by atoms with Crippen molar-refractivity contribution in [3.8, 4) is 0 Å². The maximum atomic E-state index is 12.7. The van der Waals surface area contributed by atoms with Gasteiger partial charge in [-0.3, -0.25) is 9.59 Å². The van der Waals surface area contributed by atoms with Crippen LogP contribution in [0.2, 0.25) is 0 Å². The number of rotatable bonds is 6. The summed E-state index contributed by atoms with van der Waals surface area (Å²) < 4.78 is 12.7. The van der Waals surface area contributed by atoms with Crippen molar-refractivity contribution in [3.63, 3.8) is 0 Å². The van der Waals surface area contributed by atoms with Gasteiger partial charge in [0, 0.05) is 25.6 Å². The molecule has 1 aromatic rings. The van der Waals surface area contributed by atoms with Crippen LogP contribution in [0.5, 0.6) is 0 Å². The molecular formula is C15H19FN2O2. The van der Waals surface area contributed by atoms with E-state index in [9.17, 15) is 14.0 Å². The van der Waals surface area contributed by atoms with Crippen LogP contribution in [0.1, 0.15) is 25.8 Å². The molecule has 2 amide bonds. The van der Waals surface area contributed by atoms with Gasteiger partial charge in [0.05, 0.1) is 0 Å². The Morgan fingerprint density at radius 1 is 1.10 bits per heavy atom. The van der Waals surface area contributed by atoms with Crippen LogP contribution in [0.4, 0.5) is 4.39 Å². The molecule has 0 spiro atoms. The average molecular weight is 278 g/mol. The molecule has 20 heavy (non-hydrogen) atoms. The highest BCUT2D eigenvalue weighted by molar-refractivity contribution is 5.97. The molecule has 0 radical (unpaired) electrons. The number of hydrogen-bond donors (Lipinski definition) is 2. The van der Waals surface area contributed by atoms with Crippen LogP contribution in [0.3, 0.4) is 0 Å². The van der Waals surface area contributed by atoms with Gasteiger partial charge in [-0.1, -0.05) is 12.1 Å². The van der Waals surface area contributed by atoms with E-state index >= 15 is 0 Å². The molecule has 5 heteroatoms. The van der Waals surface area contributed by atoms with Crippen molar-refractivity contribution in [2.45, 2.75) is 20.3 Å². The van der Waals surface area contributed by atoms with E-state index in [2.05, 4.69) is 10.6 Å². The average Bonchev–Trinajstić information content (AvgIpc) is 2.40.